The summed E-state index contributed by atoms with van der Waals surface area (Å²) in [5, 5.41) is 11.7. The van der Waals surface area contributed by atoms with E-state index in [-0.39, 0.29) is 22.5 Å². The molecule has 2 N–H and O–H groups in total. The van der Waals surface area contributed by atoms with E-state index in [4.69, 9.17) is 5.11 Å². The summed E-state index contributed by atoms with van der Waals surface area (Å²) in [5.74, 6) is -0.479. The molecule has 0 aliphatic carbocycles. The Balaban J connectivity index is 1.89. The molecule has 2 rings (SSSR count). The Hall–Kier alpha value is -2.18. The van der Waals surface area contributed by atoms with Crippen LogP contribution in [0.5, 0.6) is 0 Å². The number of aliphatic hydroxyl groups is 1. The number of carbonyl (C=O) groups excluding carboxylic acids is 1. The van der Waals surface area contributed by atoms with Crippen molar-refractivity contribution in [2.75, 3.05) is 12.4 Å². The summed E-state index contributed by atoms with van der Waals surface area (Å²) in [6.45, 7) is 1.82. The van der Waals surface area contributed by atoms with E-state index < -0.39 is 16.4 Å². The van der Waals surface area contributed by atoms with Gasteiger partial charge in [-0.3, -0.25) is 4.79 Å². The summed E-state index contributed by atoms with van der Waals surface area (Å²) < 4.78 is 23.7. The van der Waals surface area contributed by atoms with E-state index in [9.17, 15) is 13.2 Å². The molecule has 0 unspecified atom stereocenters. The topological polar surface area (TPSA) is 83.5 Å². The van der Waals surface area contributed by atoms with Crippen molar-refractivity contribution in [3.8, 4) is 0 Å². The quantitative estimate of drug-likeness (QED) is 0.753. The first-order valence-corrected chi connectivity index (χ1v) is 9.82. The molecule has 0 saturated carbocycles. The average Bonchev–Trinajstić information content (AvgIpc) is 2.61. The Bertz CT molecular complexity index is 786. The predicted molar refractivity (Wildman–Crippen MR) is 96.7 cm³/mol. The van der Waals surface area contributed by atoms with Crippen molar-refractivity contribution >= 4 is 15.7 Å². The van der Waals surface area contributed by atoms with Gasteiger partial charge in [0, 0.05) is 12.5 Å². The molecule has 1 amide bonds. The number of carbonyl (C=O) groups is 1. The van der Waals surface area contributed by atoms with Crippen molar-refractivity contribution in [3.63, 3.8) is 0 Å². The third kappa shape index (κ3) is 5.69. The number of nitrogens with one attached hydrogen (secondary N) is 1. The first-order valence-electron chi connectivity index (χ1n) is 8.16. The van der Waals surface area contributed by atoms with Gasteiger partial charge in [-0.25, -0.2) is 8.42 Å². The number of aliphatic hydroxyl groups excluding tert-OH is 1. The van der Waals surface area contributed by atoms with Gasteiger partial charge in [-0.15, -0.1) is 0 Å². The molecular weight excluding hydrogens is 338 g/mol. The molecule has 134 valence electrons. The zero-order chi connectivity index (χ0) is 18.3. The third-order valence-electron chi connectivity index (χ3n) is 3.94. The summed E-state index contributed by atoms with van der Waals surface area (Å²) >= 11 is 0. The normalized spacial score (nSPS) is 12.6. The van der Waals surface area contributed by atoms with Gasteiger partial charge in [0.05, 0.1) is 17.3 Å². The van der Waals surface area contributed by atoms with Gasteiger partial charge < -0.3 is 10.4 Å². The van der Waals surface area contributed by atoms with Gasteiger partial charge in [-0.2, -0.15) is 0 Å². The lowest BCUT2D eigenvalue weighted by Gasteiger charge is -2.12. The maximum absolute atomic E-state index is 12.2. The first-order chi connectivity index (χ1) is 11.9. The molecule has 0 spiro atoms. The van der Waals surface area contributed by atoms with Gasteiger partial charge in [0.25, 0.3) is 0 Å². The molecule has 0 aliphatic rings. The van der Waals surface area contributed by atoms with Crippen LogP contribution in [0.2, 0.25) is 0 Å². The lowest BCUT2D eigenvalue weighted by atomic mass is 10.0. The van der Waals surface area contributed by atoms with E-state index in [2.05, 4.69) is 5.32 Å². The summed E-state index contributed by atoms with van der Waals surface area (Å²) in [6, 6.07) is 16.2. The molecule has 2 aromatic carbocycles. The maximum Gasteiger partial charge on any atom is 0.223 e. The molecule has 6 heteroatoms. The van der Waals surface area contributed by atoms with Crippen molar-refractivity contribution in [1.29, 1.82) is 0 Å². The van der Waals surface area contributed by atoms with Crippen LogP contribution < -0.4 is 5.32 Å². The Morgan fingerprint density at radius 2 is 1.68 bits per heavy atom. The Morgan fingerprint density at radius 3 is 2.28 bits per heavy atom. The highest BCUT2D eigenvalue weighted by atomic mass is 32.2. The fraction of sp³-hybridized carbons (Fsp3) is 0.316. The molecule has 0 heterocycles. The number of sulfone groups is 1. The van der Waals surface area contributed by atoms with Crippen LogP contribution >= 0.6 is 0 Å². The van der Waals surface area contributed by atoms with Crippen LogP contribution in [0.25, 0.3) is 0 Å². The second kappa shape index (κ2) is 8.78. The minimum atomic E-state index is -3.44. The van der Waals surface area contributed by atoms with Gasteiger partial charge in [-0.1, -0.05) is 49.4 Å². The molecule has 25 heavy (non-hydrogen) atoms. The molecule has 1 atom stereocenters. The molecule has 5 nitrogen and oxygen atoms in total. The fourth-order valence-corrected chi connectivity index (χ4v) is 3.50. The highest BCUT2D eigenvalue weighted by Gasteiger charge is 2.15. The van der Waals surface area contributed by atoms with Crippen LogP contribution in [0.4, 0.5) is 0 Å². The SMILES string of the molecule is C[C@@H](Cc1ccccc1)C(=O)NCc1ccc(S(=O)(=O)CCO)cc1. The monoisotopic (exact) mass is 361 g/mol. The number of rotatable bonds is 8. The van der Waals surface area contributed by atoms with E-state index in [1.165, 1.54) is 12.1 Å². The number of hydrogen-bond acceptors (Lipinski definition) is 4. The number of amides is 1. The zero-order valence-electron chi connectivity index (χ0n) is 14.2. The molecule has 0 saturated heterocycles. The lowest BCUT2D eigenvalue weighted by Crippen LogP contribution is -2.29. The minimum absolute atomic E-state index is 0.0409. The van der Waals surface area contributed by atoms with E-state index in [0.717, 1.165) is 11.1 Å². The standard InChI is InChI=1S/C19H23NO4S/c1-15(13-16-5-3-2-4-6-16)19(22)20-14-17-7-9-18(10-8-17)25(23,24)12-11-21/h2-10,15,21H,11-14H2,1H3,(H,20,22)/t15-/m0/s1. The highest BCUT2D eigenvalue weighted by Crippen LogP contribution is 2.13. The molecule has 0 radical (unpaired) electrons. The van der Waals surface area contributed by atoms with E-state index in [0.29, 0.717) is 13.0 Å². The van der Waals surface area contributed by atoms with Gasteiger partial charge in [-0.05, 0) is 29.7 Å². The molecule has 0 aromatic heterocycles. The predicted octanol–water partition coefficient (Wildman–Crippen LogP) is 1.95. The molecule has 0 aliphatic heterocycles. The first kappa shape index (κ1) is 19.1. The maximum atomic E-state index is 12.2. The van der Waals surface area contributed by atoms with Crippen molar-refractivity contribution < 1.29 is 18.3 Å². The average molecular weight is 361 g/mol. The van der Waals surface area contributed by atoms with E-state index in [1.54, 1.807) is 12.1 Å². The van der Waals surface area contributed by atoms with Crippen molar-refractivity contribution in [2.24, 2.45) is 5.92 Å². The van der Waals surface area contributed by atoms with Gasteiger partial charge in [0.2, 0.25) is 5.91 Å². The summed E-state index contributed by atoms with van der Waals surface area (Å²) in [5.41, 5.74) is 1.94. The number of hydrogen-bond donors (Lipinski definition) is 2. The van der Waals surface area contributed by atoms with Crippen LogP contribution in [0.15, 0.2) is 59.5 Å². The second-order valence-corrected chi connectivity index (χ2v) is 8.10. The minimum Gasteiger partial charge on any atom is -0.395 e. The largest absolute Gasteiger partial charge is 0.395 e. The smallest absolute Gasteiger partial charge is 0.223 e. The number of benzene rings is 2. The van der Waals surface area contributed by atoms with Crippen LogP contribution in [0, 0.1) is 5.92 Å². The Kier molecular flexibility index (Phi) is 6.73. The molecule has 0 bridgehead atoms. The fourth-order valence-electron chi connectivity index (χ4n) is 2.48. The Labute approximate surface area is 148 Å². The molecule has 0 fully saturated rings. The van der Waals surface area contributed by atoms with Crippen molar-refractivity contribution in [1.82, 2.24) is 5.32 Å². The molecular formula is C19H23NO4S. The van der Waals surface area contributed by atoms with Crippen molar-refractivity contribution in [3.05, 3.63) is 65.7 Å². The summed E-state index contributed by atoms with van der Waals surface area (Å²) in [4.78, 5) is 12.4. The second-order valence-electron chi connectivity index (χ2n) is 6.00. The zero-order valence-corrected chi connectivity index (χ0v) is 15.0. The van der Waals surface area contributed by atoms with E-state index in [1.807, 2.05) is 37.3 Å². The summed E-state index contributed by atoms with van der Waals surface area (Å²) in [7, 11) is -3.44. The van der Waals surface area contributed by atoms with Crippen LogP contribution in [-0.2, 0) is 27.6 Å². The van der Waals surface area contributed by atoms with Crippen LogP contribution in [-0.4, -0.2) is 31.8 Å². The van der Waals surface area contributed by atoms with Gasteiger partial charge in [0.1, 0.15) is 0 Å². The van der Waals surface area contributed by atoms with E-state index >= 15 is 0 Å². The Morgan fingerprint density at radius 1 is 1.04 bits per heavy atom. The highest BCUT2D eigenvalue weighted by molar-refractivity contribution is 7.91. The van der Waals surface area contributed by atoms with Gasteiger partial charge >= 0.3 is 0 Å². The van der Waals surface area contributed by atoms with Gasteiger partial charge in [0.15, 0.2) is 9.84 Å². The summed E-state index contributed by atoms with van der Waals surface area (Å²) in [6.07, 6.45) is 0.672. The van der Waals surface area contributed by atoms with Crippen LogP contribution in [0.3, 0.4) is 0 Å². The van der Waals surface area contributed by atoms with Crippen molar-refractivity contribution in [2.45, 2.75) is 24.8 Å². The molecule has 2 aromatic rings. The van der Waals surface area contributed by atoms with Crippen LogP contribution in [0.1, 0.15) is 18.1 Å². The third-order valence-corrected chi connectivity index (χ3v) is 5.65. The lowest BCUT2D eigenvalue weighted by molar-refractivity contribution is -0.124.